The molecule has 0 atom stereocenters. The Hall–Kier alpha value is -3.50. The van der Waals surface area contributed by atoms with E-state index in [9.17, 15) is 9.90 Å². The van der Waals surface area contributed by atoms with Crippen LogP contribution < -0.4 is 4.74 Å². The molecule has 2 N–H and O–H groups in total. The monoisotopic (exact) mass is 418 g/mol. The molecular formula is C25H19ClO4. The second-order valence-electron chi connectivity index (χ2n) is 6.99. The molecule has 0 aromatic heterocycles. The Morgan fingerprint density at radius 3 is 2.33 bits per heavy atom. The van der Waals surface area contributed by atoms with Gasteiger partial charge in [0.25, 0.3) is 0 Å². The van der Waals surface area contributed by atoms with Crippen molar-refractivity contribution in [3.05, 3.63) is 89.4 Å². The maximum atomic E-state index is 10.8. The number of carbonyl (C=O) groups is 1. The number of fused-ring (bicyclic) bond motifs is 1. The topological polar surface area (TPSA) is 66.8 Å². The molecule has 4 aromatic carbocycles. The molecule has 4 nitrogen and oxygen atoms in total. The van der Waals surface area contributed by atoms with Crippen LogP contribution in [0.25, 0.3) is 21.9 Å². The van der Waals surface area contributed by atoms with Gasteiger partial charge in [-0.1, -0.05) is 41.9 Å². The molecule has 150 valence electrons. The fourth-order valence-electron chi connectivity index (χ4n) is 3.35. The summed E-state index contributed by atoms with van der Waals surface area (Å²) in [4.78, 5) is 10.8. The van der Waals surface area contributed by atoms with Crippen molar-refractivity contribution >= 4 is 28.3 Å². The SMILES string of the molecule is O=C(O)CCc1ccc(Oc2c(-c3ccc(Cl)cc3)ccc3cc(O)ccc23)cc1. The van der Waals surface area contributed by atoms with Gasteiger partial charge in [-0.15, -0.1) is 0 Å². The summed E-state index contributed by atoms with van der Waals surface area (Å²) in [5.74, 6) is 0.690. The van der Waals surface area contributed by atoms with E-state index in [0.29, 0.717) is 22.9 Å². The van der Waals surface area contributed by atoms with Gasteiger partial charge in [0.15, 0.2) is 0 Å². The number of benzene rings is 4. The number of aliphatic carboxylic acids is 1. The van der Waals surface area contributed by atoms with Crippen LogP contribution in [-0.2, 0) is 11.2 Å². The summed E-state index contributed by atoms with van der Waals surface area (Å²) in [5.41, 5.74) is 2.80. The average molecular weight is 419 g/mol. The van der Waals surface area contributed by atoms with Crippen molar-refractivity contribution in [2.75, 3.05) is 0 Å². The fraction of sp³-hybridized carbons (Fsp3) is 0.0800. The van der Waals surface area contributed by atoms with Gasteiger partial charge < -0.3 is 14.9 Å². The maximum absolute atomic E-state index is 10.8. The van der Waals surface area contributed by atoms with E-state index in [4.69, 9.17) is 21.4 Å². The second kappa shape index (κ2) is 8.47. The van der Waals surface area contributed by atoms with Gasteiger partial charge in [0.05, 0.1) is 0 Å². The Bertz CT molecular complexity index is 1200. The fourth-order valence-corrected chi connectivity index (χ4v) is 3.47. The highest BCUT2D eigenvalue weighted by molar-refractivity contribution is 6.30. The zero-order valence-corrected chi connectivity index (χ0v) is 16.8. The number of ether oxygens (including phenoxy) is 1. The predicted molar refractivity (Wildman–Crippen MR) is 119 cm³/mol. The summed E-state index contributed by atoms with van der Waals surface area (Å²) < 4.78 is 6.30. The normalized spacial score (nSPS) is 10.8. The minimum Gasteiger partial charge on any atom is -0.508 e. The summed E-state index contributed by atoms with van der Waals surface area (Å²) in [6, 6.07) is 24.0. The van der Waals surface area contributed by atoms with Crippen LogP contribution in [0.2, 0.25) is 5.02 Å². The number of halogens is 1. The lowest BCUT2D eigenvalue weighted by Crippen LogP contribution is -1.97. The summed E-state index contributed by atoms with van der Waals surface area (Å²) in [6.45, 7) is 0. The third-order valence-corrected chi connectivity index (χ3v) is 5.13. The smallest absolute Gasteiger partial charge is 0.303 e. The number of phenolic OH excluding ortho intramolecular Hbond substituents is 1. The van der Waals surface area contributed by atoms with E-state index in [-0.39, 0.29) is 12.2 Å². The van der Waals surface area contributed by atoms with Crippen LogP contribution in [0.1, 0.15) is 12.0 Å². The maximum Gasteiger partial charge on any atom is 0.303 e. The van der Waals surface area contributed by atoms with Crippen LogP contribution in [0.4, 0.5) is 0 Å². The molecule has 0 unspecified atom stereocenters. The minimum atomic E-state index is -0.818. The molecule has 4 aromatic rings. The largest absolute Gasteiger partial charge is 0.508 e. The molecule has 0 heterocycles. The van der Waals surface area contributed by atoms with Crippen molar-refractivity contribution < 1.29 is 19.7 Å². The summed E-state index contributed by atoms with van der Waals surface area (Å²) in [6.07, 6.45) is 0.562. The highest BCUT2D eigenvalue weighted by Crippen LogP contribution is 2.40. The van der Waals surface area contributed by atoms with Gasteiger partial charge in [0, 0.05) is 22.4 Å². The van der Waals surface area contributed by atoms with Crippen LogP contribution >= 0.6 is 11.6 Å². The van der Waals surface area contributed by atoms with Crippen molar-refractivity contribution in [3.8, 4) is 28.4 Å². The van der Waals surface area contributed by atoms with Crippen molar-refractivity contribution in [1.82, 2.24) is 0 Å². The molecule has 5 heteroatoms. The number of rotatable bonds is 6. The number of carboxylic acids is 1. The first kappa shape index (κ1) is 19.8. The molecule has 0 amide bonds. The third-order valence-electron chi connectivity index (χ3n) is 4.88. The molecule has 0 aliphatic carbocycles. The number of hydrogen-bond donors (Lipinski definition) is 2. The average Bonchev–Trinajstić information content (AvgIpc) is 2.74. The first-order valence-corrected chi connectivity index (χ1v) is 9.88. The van der Waals surface area contributed by atoms with Crippen LogP contribution in [-0.4, -0.2) is 16.2 Å². The highest BCUT2D eigenvalue weighted by atomic mass is 35.5. The molecule has 0 saturated carbocycles. The first-order chi connectivity index (χ1) is 14.5. The Labute approximate surface area is 178 Å². The van der Waals surface area contributed by atoms with Gasteiger partial charge >= 0.3 is 5.97 Å². The van der Waals surface area contributed by atoms with Crippen molar-refractivity contribution in [2.24, 2.45) is 0 Å². The van der Waals surface area contributed by atoms with E-state index < -0.39 is 5.97 Å². The quantitative estimate of drug-likeness (QED) is 0.366. The Balaban J connectivity index is 1.74. The van der Waals surface area contributed by atoms with E-state index in [1.54, 1.807) is 12.1 Å². The molecule has 0 saturated heterocycles. The van der Waals surface area contributed by atoms with E-state index in [1.807, 2.05) is 66.7 Å². The van der Waals surface area contributed by atoms with Crippen LogP contribution in [0, 0.1) is 0 Å². The molecular weight excluding hydrogens is 400 g/mol. The van der Waals surface area contributed by atoms with E-state index >= 15 is 0 Å². The lowest BCUT2D eigenvalue weighted by molar-refractivity contribution is -0.136. The van der Waals surface area contributed by atoms with Gasteiger partial charge in [-0.05, 0) is 71.5 Å². The zero-order valence-electron chi connectivity index (χ0n) is 16.0. The minimum absolute atomic E-state index is 0.0910. The molecule has 0 fully saturated rings. The first-order valence-electron chi connectivity index (χ1n) is 9.50. The number of hydrogen-bond acceptors (Lipinski definition) is 3. The van der Waals surface area contributed by atoms with Crippen molar-refractivity contribution in [2.45, 2.75) is 12.8 Å². The Kier molecular flexibility index (Phi) is 5.59. The predicted octanol–water partition coefficient (Wildman–Crippen LogP) is 6.68. The standard InChI is InChI=1S/C25H19ClO4/c26-19-7-4-17(5-8-19)22-12-6-18-15-20(27)9-13-23(18)25(22)30-21-10-1-16(2-11-21)3-14-24(28)29/h1-2,4-13,15,27H,3,14H2,(H,28,29). The zero-order chi connectivity index (χ0) is 21.1. The van der Waals surface area contributed by atoms with Gasteiger partial charge in [0.1, 0.15) is 17.2 Å². The molecule has 0 aliphatic heterocycles. The van der Waals surface area contributed by atoms with Crippen molar-refractivity contribution in [1.29, 1.82) is 0 Å². The number of phenols is 1. The second-order valence-corrected chi connectivity index (χ2v) is 7.43. The van der Waals surface area contributed by atoms with E-state index in [0.717, 1.165) is 27.5 Å². The summed E-state index contributed by atoms with van der Waals surface area (Å²) >= 11 is 6.05. The van der Waals surface area contributed by atoms with Crippen molar-refractivity contribution in [3.63, 3.8) is 0 Å². The third kappa shape index (κ3) is 4.39. The molecule has 4 rings (SSSR count). The number of carboxylic acid groups (broad SMARTS) is 1. The summed E-state index contributed by atoms with van der Waals surface area (Å²) in [5, 5.41) is 21.1. The van der Waals surface area contributed by atoms with Crippen LogP contribution in [0.3, 0.4) is 0 Å². The van der Waals surface area contributed by atoms with Gasteiger partial charge in [-0.3, -0.25) is 4.79 Å². The lowest BCUT2D eigenvalue weighted by Gasteiger charge is -2.15. The Morgan fingerprint density at radius 2 is 1.63 bits per heavy atom. The summed E-state index contributed by atoms with van der Waals surface area (Å²) in [7, 11) is 0. The van der Waals surface area contributed by atoms with E-state index in [2.05, 4.69) is 0 Å². The molecule has 30 heavy (non-hydrogen) atoms. The molecule has 0 bridgehead atoms. The van der Waals surface area contributed by atoms with Gasteiger partial charge in [-0.25, -0.2) is 0 Å². The van der Waals surface area contributed by atoms with Gasteiger partial charge in [0.2, 0.25) is 0 Å². The Morgan fingerprint density at radius 1 is 0.900 bits per heavy atom. The number of aryl methyl sites for hydroxylation is 1. The van der Waals surface area contributed by atoms with Crippen LogP contribution in [0.5, 0.6) is 17.2 Å². The van der Waals surface area contributed by atoms with Crippen LogP contribution in [0.15, 0.2) is 78.9 Å². The molecule has 0 aliphatic rings. The van der Waals surface area contributed by atoms with E-state index in [1.165, 1.54) is 0 Å². The molecule has 0 spiro atoms. The highest BCUT2D eigenvalue weighted by Gasteiger charge is 2.13. The lowest BCUT2D eigenvalue weighted by atomic mass is 9.99. The number of aromatic hydroxyl groups is 1. The van der Waals surface area contributed by atoms with Gasteiger partial charge in [-0.2, -0.15) is 0 Å². The molecule has 0 radical (unpaired) electrons.